The Kier molecular flexibility index (Phi) is 4.30. The van der Waals surface area contributed by atoms with Gasteiger partial charge in [-0.3, -0.25) is 0 Å². The van der Waals surface area contributed by atoms with Crippen LogP contribution in [0.3, 0.4) is 0 Å². The molecular formula is C13H23ClN4. The average molecular weight is 271 g/mol. The van der Waals surface area contributed by atoms with Gasteiger partial charge in [-0.05, 0) is 26.9 Å². The second kappa shape index (κ2) is 5.59. The van der Waals surface area contributed by atoms with Crippen molar-refractivity contribution in [3.8, 4) is 0 Å². The number of hydrogen-bond acceptors (Lipinski definition) is 3. The molecule has 2 rings (SSSR count). The molecule has 18 heavy (non-hydrogen) atoms. The molecule has 1 aliphatic rings. The van der Waals surface area contributed by atoms with Crippen molar-refractivity contribution < 1.29 is 0 Å². The van der Waals surface area contributed by atoms with Gasteiger partial charge in [0.15, 0.2) is 0 Å². The van der Waals surface area contributed by atoms with E-state index in [-0.39, 0.29) is 0 Å². The number of imidazole rings is 1. The van der Waals surface area contributed by atoms with Crippen molar-refractivity contribution >= 4 is 11.6 Å². The van der Waals surface area contributed by atoms with Gasteiger partial charge in [0.05, 0.1) is 12.7 Å². The Morgan fingerprint density at radius 1 is 1.44 bits per heavy atom. The first-order valence-corrected chi connectivity index (χ1v) is 6.97. The predicted molar refractivity (Wildman–Crippen MR) is 74.8 cm³/mol. The highest BCUT2D eigenvalue weighted by Gasteiger charge is 2.35. The SMILES string of the molecule is CN(C)C1(CNCc2ncc(Cl)n2C)CCCC1. The molecule has 1 aliphatic carbocycles. The number of aromatic nitrogens is 2. The first-order chi connectivity index (χ1) is 8.55. The van der Waals surface area contributed by atoms with Crippen LogP contribution in [0.15, 0.2) is 6.20 Å². The monoisotopic (exact) mass is 270 g/mol. The second-order valence-electron chi connectivity index (χ2n) is 5.49. The van der Waals surface area contributed by atoms with Crippen LogP contribution in [0.1, 0.15) is 31.5 Å². The lowest BCUT2D eigenvalue weighted by Crippen LogP contribution is -2.49. The Labute approximate surface area is 114 Å². The van der Waals surface area contributed by atoms with Gasteiger partial charge in [-0.2, -0.15) is 0 Å². The Balaban J connectivity index is 1.89. The van der Waals surface area contributed by atoms with Gasteiger partial charge < -0.3 is 14.8 Å². The van der Waals surface area contributed by atoms with E-state index >= 15 is 0 Å². The molecule has 1 N–H and O–H groups in total. The Morgan fingerprint density at radius 2 is 2.11 bits per heavy atom. The lowest BCUT2D eigenvalue weighted by atomic mass is 9.96. The molecule has 5 heteroatoms. The Bertz CT molecular complexity index is 394. The maximum Gasteiger partial charge on any atom is 0.128 e. The van der Waals surface area contributed by atoms with Gasteiger partial charge in [-0.1, -0.05) is 24.4 Å². The highest BCUT2D eigenvalue weighted by atomic mass is 35.5. The van der Waals surface area contributed by atoms with Crippen LogP contribution in [-0.2, 0) is 13.6 Å². The summed E-state index contributed by atoms with van der Waals surface area (Å²) >= 11 is 5.98. The summed E-state index contributed by atoms with van der Waals surface area (Å²) in [5, 5.41) is 4.23. The molecule has 0 spiro atoms. The molecule has 0 amide bonds. The number of hydrogen-bond donors (Lipinski definition) is 1. The zero-order valence-electron chi connectivity index (χ0n) is 11.5. The summed E-state index contributed by atoms with van der Waals surface area (Å²) in [6.07, 6.45) is 6.96. The first kappa shape index (κ1) is 13.8. The van der Waals surface area contributed by atoms with Crippen LogP contribution >= 0.6 is 11.6 Å². The van der Waals surface area contributed by atoms with Gasteiger partial charge in [-0.25, -0.2) is 4.98 Å². The molecule has 0 unspecified atom stereocenters. The molecule has 0 aromatic carbocycles. The second-order valence-corrected chi connectivity index (χ2v) is 5.87. The Hall–Kier alpha value is -0.580. The van der Waals surface area contributed by atoms with Crippen LogP contribution < -0.4 is 5.32 Å². The summed E-state index contributed by atoms with van der Waals surface area (Å²) in [5.74, 6) is 0.993. The van der Waals surface area contributed by atoms with Crippen molar-refractivity contribution in [2.45, 2.75) is 37.8 Å². The Morgan fingerprint density at radius 3 is 2.61 bits per heavy atom. The molecule has 1 fully saturated rings. The van der Waals surface area contributed by atoms with Crippen LogP contribution in [0.5, 0.6) is 0 Å². The maximum atomic E-state index is 5.98. The standard InChI is InChI=1S/C13H23ClN4/c1-17(2)13(6-4-5-7-13)10-15-9-12-16-8-11(14)18(12)3/h8,15H,4-7,9-10H2,1-3H3. The van der Waals surface area contributed by atoms with E-state index in [0.29, 0.717) is 10.7 Å². The van der Waals surface area contributed by atoms with Crippen LogP contribution in [0.25, 0.3) is 0 Å². The molecule has 0 atom stereocenters. The largest absolute Gasteiger partial charge is 0.321 e. The van der Waals surface area contributed by atoms with E-state index in [1.807, 2.05) is 11.6 Å². The minimum atomic E-state index is 0.328. The van der Waals surface area contributed by atoms with Crippen LogP contribution in [-0.4, -0.2) is 40.6 Å². The average Bonchev–Trinajstić information content (AvgIpc) is 2.92. The molecular weight excluding hydrogens is 248 g/mol. The zero-order chi connectivity index (χ0) is 13.2. The van der Waals surface area contributed by atoms with Crippen molar-refractivity contribution in [1.29, 1.82) is 0 Å². The van der Waals surface area contributed by atoms with Gasteiger partial charge >= 0.3 is 0 Å². The number of rotatable bonds is 5. The quantitative estimate of drug-likeness (QED) is 0.889. The molecule has 0 aliphatic heterocycles. The molecule has 102 valence electrons. The summed E-state index contributed by atoms with van der Waals surface area (Å²) in [7, 11) is 6.32. The highest BCUT2D eigenvalue weighted by Crippen LogP contribution is 2.33. The van der Waals surface area contributed by atoms with Crippen molar-refractivity contribution in [2.24, 2.45) is 7.05 Å². The zero-order valence-corrected chi connectivity index (χ0v) is 12.3. The van der Waals surface area contributed by atoms with Gasteiger partial charge in [0, 0.05) is 19.1 Å². The van der Waals surface area contributed by atoms with Crippen LogP contribution in [0.4, 0.5) is 0 Å². The third kappa shape index (κ3) is 2.71. The van der Waals surface area contributed by atoms with Gasteiger partial charge in [-0.15, -0.1) is 0 Å². The lowest BCUT2D eigenvalue weighted by Gasteiger charge is -2.36. The molecule has 0 bridgehead atoms. The molecule has 1 saturated carbocycles. The van der Waals surface area contributed by atoms with Crippen LogP contribution in [0, 0.1) is 0 Å². The fourth-order valence-electron chi connectivity index (χ4n) is 2.81. The van der Waals surface area contributed by atoms with Gasteiger partial charge in [0.2, 0.25) is 0 Å². The van der Waals surface area contributed by atoms with E-state index in [0.717, 1.165) is 18.9 Å². The summed E-state index contributed by atoms with van der Waals surface area (Å²) in [6.45, 7) is 1.79. The summed E-state index contributed by atoms with van der Waals surface area (Å²) < 4.78 is 1.92. The highest BCUT2D eigenvalue weighted by molar-refractivity contribution is 6.29. The molecule has 1 aromatic rings. The summed E-state index contributed by atoms with van der Waals surface area (Å²) in [6, 6.07) is 0. The molecule has 0 saturated heterocycles. The molecule has 1 aromatic heterocycles. The maximum absolute atomic E-state index is 5.98. The fraction of sp³-hybridized carbons (Fsp3) is 0.769. The minimum absolute atomic E-state index is 0.328. The smallest absolute Gasteiger partial charge is 0.128 e. The van der Waals surface area contributed by atoms with Crippen molar-refractivity contribution in [2.75, 3.05) is 20.6 Å². The fourth-order valence-corrected chi connectivity index (χ4v) is 2.96. The van der Waals surface area contributed by atoms with E-state index in [1.165, 1.54) is 25.7 Å². The van der Waals surface area contributed by atoms with Crippen molar-refractivity contribution in [3.63, 3.8) is 0 Å². The number of nitrogens with one attached hydrogen (secondary N) is 1. The summed E-state index contributed by atoms with van der Waals surface area (Å²) in [4.78, 5) is 6.68. The first-order valence-electron chi connectivity index (χ1n) is 6.59. The van der Waals surface area contributed by atoms with Gasteiger partial charge in [0.25, 0.3) is 0 Å². The minimum Gasteiger partial charge on any atom is -0.321 e. The number of halogens is 1. The third-order valence-electron chi connectivity index (χ3n) is 4.25. The number of likely N-dealkylation sites (N-methyl/N-ethyl adjacent to an activating group) is 1. The lowest BCUT2D eigenvalue weighted by molar-refractivity contribution is 0.153. The molecule has 1 heterocycles. The topological polar surface area (TPSA) is 33.1 Å². The van der Waals surface area contributed by atoms with E-state index < -0.39 is 0 Å². The molecule has 4 nitrogen and oxygen atoms in total. The number of nitrogens with zero attached hydrogens (tertiary/aromatic N) is 3. The third-order valence-corrected chi connectivity index (χ3v) is 4.60. The molecule has 0 radical (unpaired) electrons. The van der Waals surface area contributed by atoms with E-state index in [4.69, 9.17) is 11.6 Å². The van der Waals surface area contributed by atoms with Gasteiger partial charge in [0.1, 0.15) is 11.0 Å². The van der Waals surface area contributed by atoms with Crippen molar-refractivity contribution in [1.82, 2.24) is 19.8 Å². The predicted octanol–water partition coefficient (Wildman–Crippen LogP) is 2.04. The van der Waals surface area contributed by atoms with E-state index in [9.17, 15) is 0 Å². The van der Waals surface area contributed by atoms with E-state index in [2.05, 4.69) is 29.3 Å². The van der Waals surface area contributed by atoms with Crippen molar-refractivity contribution in [3.05, 3.63) is 17.2 Å². The summed E-state index contributed by atoms with van der Waals surface area (Å²) in [5.41, 5.74) is 0.328. The normalized spacial score (nSPS) is 18.7. The van der Waals surface area contributed by atoms with E-state index in [1.54, 1.807) is 6.20 Å². The van der Waals surface area contributed by atoms with Crippen LogP contribution in [0.2, 0.25) is 5.15 Å².